The highest BCUT2D eigenvalue weighted by molar-refractivity contribution is 5.96. The van der Waals surface area contributed by atoms with E-state index in [0.717, 1.165) is 37.0 Å². The summed E-state index contributed by atoms with van der Waals surface area (Å²) in [4.78, 5) is 6.73. The van der Waals surface area contributed by atoms with Crippen LogP contribution in [-0.2, 0) is 0 Å². The highest BCUT2D eigenvalue weighted by atomic mass is 16.5. The van der Waals surface area contributed by atoms with Crippen LogP contribution in [0.15, 0.2) is 65.8 Å². The van der Waals surface area contributed by atoms with Gasteiger partial charge in [-0.15, -0.1) is 0 Å². The number of ether oxygens (including phenoxy) is 1. The van der Waals surface area contributed by atoms with Crippen molar-refractivity contribution in [2.24, 2.45) is 4.99 Å². The van der Waals surface area contributed by atoms with Gasteiger partial charge in [-0.25, -0.2) is 4.99 Å². The number of anilines is 1. The minimum atomic E-state index is 0.659. The molecule has 0 aliphatic carbocycles. The Balaban J connectivity index is 1.47. The van der Waals surface area contributed by atoms with Crippen molar-refractivity contribution in [3.8, 4) is 5.75 Å². The number of nitrogens with one attached hydrogen (secondary N) is 2. The molecule has 2 N–H and O–H groups in total. The van der Waals surface area contributed by atoms with Crippen LogP contribution >= 0.6 is 0 Å². The normalized spacial score (nSPS) is 13.7. The molecule has 5 nitrogen and oxygen atoms in total. The van der Waals surface area contributed by atoms with Crippen LogP contribution in [0.4, 0.5) is 5.69 Å². The standard InChI is InChI=1S/C21H26N4O/c1-25(2)13-6-14-26-20-11-9-19(10-12-20)24-21-22-15-18(16-23-21)17-7-4-3-5-8-17/h3-5,7-12,15H,6,13-14,16H2,1-2H3,(H2,22,23,24). The van der Waals surface area contributed by atoms with Crippen LogP contribution in [0.5, 0.6) is 5.75 Å². The van der Waals surface area contributed by atoms with E-state index in [0.29, 0.717) is 6.54 Å². The number of aliphatic imine (C=N–C) groups is 1. The molecule has 0 unspecified atom stereocenters. The molecule has 0 atom stereocenters. The summed E-state index contributed by atoms with van der Waals surface area (Å²) in [5.41, 5.74) is 3.35. The second kappa shape index (κ2) is 9.06. The maximum Gasteiger partial charge on any atom is 0.200 e. The quantitative estimate of drug-likeness (QED) is 0.751. The molecule has 1 heterocycles. The lowest BCUT2D eigenvalue weighted by Gasteiger charge is -2.17. The fourth-order valence-electron chi connectivity index (χ4n) is 2.66. The van der Waals surface area contributed by atoms with E-state index in [9.17, 15) is 0 Å². The molecule has 3 rings (SSSR count). The molecule has 0 aromatic heterocycles. The SMILES string of the molecule is CN(C)CCCOc1ccc(NC2=NCC(c3ccccc3)=CN2)cc1. The molecule has 0 saturated heterocycles. The van der Waals surface area contributed by atoms with E-state index in [1.807, 2.05) is 48.7 Å². The average molecular weight is 350 g/mol. The second-order valence-corrected chi connectivity index (χ2v) is 6.50. The van der Waals surface area contributed by atoms with Crippen LogP contribution in [-0.4, -0.2) is 44.7 Å². The van der Waals surface area contributed by atoms with Gasteiger partial charge in [-0.05, 0) is 55.9 Å². The van der Waals surface area contributed by atoms with Crippen molar-refractivity contribution in [3.63, 3.8) is 0 Å². The van der Waals surface area contributed by atoms with E-state index in [-0.39, 0.29) is 0 Å². The Morgan fingerprint density at radius 3 is 2.50 bits per heavy atom. The van der Waals surface area contributed by atoms with Gasteiger partial charge in [0.25, 0.3) is 0 Å². The third kappa shape index (κ3) is 5.36. The van der Waals surface area contributed by atoms with Crippen LogP contribution in [0.25, 0.3) is 5.57 Å². The Hall–Kier alpha value is -2.79. The molecule has 136 valence electrons. The van der Waals surface area contributed by atoms with Gasteiger partial charge < -0.3 is 20.3 Å². The Morgan fingerprint density at radius 2 is 1.85 bits per heavy atom. The van der Waals surface area contributed by atoms with Gasteiger partial charge in [0.05, 0.1) is 13.2 Å². The van der Waals surface area contributed by atoms with Crippen LogP contribution in [0.1, 0.15) is 12.0 Å². The minimum Gasteiger partial charge on any atom is -0.494 e. The average Bonchev–Trinajstić information content (AvgIpc) is 2.68. The predicted molar refractivity (Wildman–Crippen MR) is 109 cm³/mol. The lowest BCUT2D eigenvalue weighted by Crippen LogP contribution is -2.29. The molecule has 1 aliphatic heterocycles. The zero-order valence-corrected chi connectivity index (χ0v) is 15.4. The van der Waals surface area contributed by atoms with Crippen LogP contribution in [0.3, 0.4) is 0 Å². The second-order valence-electron chi connectivity index (χ2n) is 6.50. The zero-order chi connectivity index (χ0) is 18.2. The summed E-state index contributed by atoms with van der Waals surface area (Å²) in [5.74, 6) is 1.64. The molecule has 1 aliphatic rings. The molecule has 2 aromatic carbocycles. The molecule has 2 aromatic rings. The van der Waals surface area contributed by atoms with Crippen molar-refractivity contribution in [3.05, 3.63) is 66.4 Å². The van der Waals surface area contributed by atoms with Gasteiger partial charge in [0.15, 0.2) is 5.96 Å². The van der Waals surface area contributed by atoms with Crippen molar-refractivity contribution in [1.29, 1.82) is 0 Å². The summed E-state index contributed by atoms with van der Waals surface area (Å²) in [7, 11) is 4.14. The van der Waals surface area contributed by atoms with Gasteiger partial charge in [-0.1, -0.05) is 30.3 Å². The molecule has 0 radical (unpaired) electrons. The molecule has 0 amide bonds. The number of nitrogens with zero attached hydrogens (tertiary/aromatic N) is 2. The Morgan fingerprint density at radius 1 is 1.08 bits per heavy atom. The smallest absolute Gasteiger partial charge is 0.200 e. The summed E-state index contributed by atoms with van der Waals surface area (Å²) in [6, 6.07) is 18.3. The van der Waals surface area contributed by atoms with Crippen LogP contribution in [0.2, 0.25) is 0 Å². The van der Waals surface area contributed by atoms with E-state index in [1.165, 1.54) is 11.1 Å². The Labute approximate surface area is 155 Å². The first-order valence-corrected chi connectivity index (χ1v) is 8.91. The highest BCUT2D eigenvalue weighted by Gasteiger charge is 2.08. The molecule has 0 bridgehead atoms. The summed E-state index contributed by atoms with van der Waals surface area (Å²) < 4.78 is 5.75. The minimum absolute atomic E-state index is 0.659. The number of hydrogen-bond acceptors (Lipinski definition) is 5. The number of guanidine groups is 1. The Kier molecular flexibility index (Phi) is 6.28. The molecular formula is C21H26N4O. The lowest BCUT2D eigenvalue weighted by molar-refractivity contribution is 0.281. The van der Waals surface area contributed by atoms with Crippen molar-refractivity contribution in [2.75, 3.05) is 39.1 Å². The summed E-state index contributed by atoms with van der Waals surface area (Å²) in [6.45, 7) is 2.42. The van der Waals surface area contributed by atoms with Crippen LogP contribution in [0, 0.1) is 0 Å². The van der Waals surface area contributed by atoms with Crippen LogP contribution < -0.4 is 15.4 Å². The molecule has 26 heavy (non-hydrogen) atoms. The predicted octanol–water partition coefficient (Wildman–Crippen LogP) is 3.43. The zero-order valence-electron chi connectivity index (χ0n) is 15.4. The third-order valence-electron chi connectivity index (χ3n) is 4.07. The topological polar surface area (TPSA) is 48.9 Å². The van der Waals surface area contributed by atoms with Gasteiger partial charge >= 0.3 is 0 Å². The molecule has 0 spiro atoms. The summed E-state index contributed by atoms with van der Waals surface area (Å²) in [5, 5.41) is 6.52. The lowest BCUT2D eigenvalue weighted by atomic mass is 10.1. The maximum atomic E-state index is 5.75. The van der Waals surface area contributed by atoms with E-state index in [2.05, 4.69) is 46.8 Å². The van der Waals surface area contributed by atoms with Gasteiger partial charge in [-0.2, -0.15) is 0 Å². The van der Waals surface area contributed by atoms with Gasteiger partial charge in [0, 0.05) is 18.4 Å². The van der Waals surface area contributed by atoms with E-state index >= 15 is 0 Å². The van der Waals surface area contributed by atoms with Crippen molar-refractivity contribution < 1.29 is 4.74 Å². The monoisotopic (exact) mass is 350 g/mol. The van der Waals surface area contributed by atoms with Crippen molar-refractivity contribution >= 4 is 17.2 Å². The largest absolute Gasteiger partial charge is 0.494 e. The molecule has 5 heteroatoms. The maximum absolute atomic E-state index is 5.75. The number of benzene rings is 2. The van der Waals surface area contributed by atoms with Gasteiger partial charge in [0.2, 0.25) is 0 Å². The molecule has 0 fully saturated rings. The van der Waals surface area contributed by atoms with E-state index in [1.54, 1.807) is 0 Å². The van der Waals surface area contributed by atoms with Crippen molar-refractivity contribution in [2.45, 2.75) is 6.42 Å². The fraction of sp³-hybridized carbons (Fsp3) is 0.286. The number of rotatable bonds is 7. The summed E-state index contributed by atoms with van der Waals surface area (Å²) >= 11 is 0. The Bertz CT molecular complexity index is 751. The first kappa shape index (κ1) is 18.0. The van der Waals surface area contributed by atoms with Gasteiger partial charge in [0.1, 0.15) is 5.75 Å². The molecular weight excluding hydrogens is 324 g/mol. The first-order valence-electron chi connectivity index (χ1n) is 8.91. The first-order chi connectivity index (χ1) is 12.7. The summed E-state index contributed by atoms with van der Waals surface area (Å²) in [6.07, 6.45) is 3.02. The van der Waals surface area contributed by atoms with E-state index < -0.39 is 0 Å². The third-order valence-corrected chi connectivity index (χ3v) is 4.07. The number of hydrogen-bond donors (Lipinski definition) is 2. The van der Waals surface area contributed by atoms with Gasteiger partial charge in [-0.3, -0.25) is 0 Å². The van der Waals surface area contributed by atoms with Crippen molar-refractivity contribution in [1.82, 2.24) is 10.2 Å². The highest BCUT2D eigenvalue weighted by Crippen LogP contribution is 2.18. The molecule has 0 saturated carbocycles. The van der Waals surface area contributed by atoms with E-state index in [4.69, 9.17) is 4.74 Å². The fourth-order valence-corrected chi connectivity index (χ4v) is 2.66.